The van der Waals surface area contributed by atoms with Gasteiger partial charge in [0.1, 0.15) is 5.76 Å². The molecule has 1 saturated heterocycles. The summed E-state index contributed by atoms with van der Waals surface area (Å²) in [6.45, 7) is 2.76. The molecule has 1 fully saturated rings. The van der Waals surface area contributed by atoms with Crippen molar-refractivity contribution in [3.8, 4) is 5.69 Å². The molecule has 0 radical (unpaired) electrons. The number of rotatable bonds is 6. The van der Waals surface area contributed by atoms with Crippen LogP contribution in [-0.2, 0) is 16.1 Å². The zero-order valence-electron chi connectivity index (χ0n) is 15.6. The van der Waals surface area contributed by atoms with Gasteiger partial charge >= 0.3 is 0 Å². The second-order valence-corrected chi connectivity index (χ2v) is 7.05. The summed E-state index contributed by atoms with van der Waals surface area (Å²) in [6.07, 6.45) is 7.17. The highest BCUT2D eigenvalue weighted by Crippen LogP contribution is 2.22. The van der Waals surface area contributed by atoms with Gasteiger partial charge < -0.3 is 19.2 Å². The Kier molecular flexibility index (Phi) is 4.97. The van der Waals surface area contributed by atoms with E-state index in [2.05, 4.69) is 10.3 Å². The van der Waals surface area contributed by atoms with Gasteiger partial charge in [-0.2, -0.15) is 0 Å². The van der Waals surface area contributed by atoms with E-state index in [0.717, 1.165) is 17.0 Å². The largest absolute Gasteiger partial charge is 0.467 e. The average molecular weight is 378 g/mol. The van der Waals surface area contributed by atoms with Crippen molar-refractivity contribution >= 4 is 11.8 Å². The molecule has 3 aromatic rings. The van der Waals surface area contributed by atoms with Crippen LogP contribution >= 0.6 is 0 Å². The first kappa shape index (κ1) is 18.0. The predicted molar refractivity (Wildman–Crippen MR) is 102 cm³/mol. The third kappa shape index (κ3) is 3.83. The lowest BCUT2D eigenvalue weighted by Gasteiger charge is -2.18. The number of likely N-dealkylation sites (tertiary alicyclic amines) is 1. The van der Waals surface area contributed by atoms with Crippen molar-refractivity contribution in [2.24, 2.45) is 5.92 Å². The molecule has 4 rings (SSSR count). The first-order valence-electron chi connectivity index (χ1n) is 9.29. The molecule has 0 spiro atoms. The Balaban J connectivity index is 1.35. The van der Waals surface area contributed by atoms with Gasteiger partial charge in [-0.1, -0.05) is 12.1 Å². The lowest BCUT2D eigenvalue weighted by atomic mass is 10.0. The third-order valence-electron chi connectivity index (χ3n) is 5.07. The summed E-state index contributed by atoms with van der Waals surface area (Å²) >= 11 is 0. The molecule has 1 N–H and O–H groups in total. The first-order chi connectivity index (χ1) is 13.6. The smallest absolute Gasteiger partial charge is 0.225 e. The minimum atomic E-state index is -0.338. The number of furan rings is 1. The third-order valence-corrected chi connectivity index (χ3v) is 5.07. The molecular weight excluding hydrogens is 356 g/mol. The maximum atomic E-state index is 12.7. The van der Waals surface area contributed by atoms with Gasteiger partial charge in [-0.25, -0.2) is 4.98 Å². The van der Waals surface area contributed by atoms with Gasteiger partial charge in [-0.3, -0.25) is 9.59 Å². The maximum absolute atomic E-state index is 12.7. The number of carbonyl (C=O) groups is 2. The highest BCUT2D eigenvalue weighted by atomic mass is 16.3. The quantitative estimate of drug-likeness (QED) is 0.715. The van der Waals surface area contributed by atoms with Crippen molar-refractivity contribution in [3.05, 3.63) is 72.7 Å². The zero-order valence-corrected chi connectivity index (χ0v) is 15.6. The van der Waals surface area contributed by atoms with Crippen molar-refractivity contribution in [2.75, 3.05) is 6.54 Å². The Morgan fingerprint density at radius 3 is 2.82 bits per heavy atom. The van der Waals surface area contributed by atoms with Crippen LogP contribution in [0.1, 0.15) is 30.7 Å². The average Bonchev–Trinajstić information content (AvgIpc) is 3.45. The maximum Gasteiger partial charge on any atom is 0.225 e. The fourth-order valence-corrected chi connectivity index (χ4v) is 3.45. The number of aromatic nitrogens is 2. The SMILES string of the molecule is CC(NC(=O)C1CC(=O)N(Cc2ccco2)C1)c1ccc(-n2ccnc2)cc1. The molecule has 2 amide bonds. The van der Waals surface area contributed by atoms with Crippen LogP contribution in [0.3, 0.4) is 0 Å². The number of imidazole rings is 1. The molecule has 0 aliphatic carbocycles. The molecule has 2 atom stereocenters. The van der Waals surface area contributed by atoms with Gasteiger partial charge in [-0.15, -0.1) is 0 Å². The van der Waals surface area contributed by atoms with Crippen LogP contribution in [0.4, 0.5) is 0 Å². The number of hydrogen-bond acceptors (Lipinski definition) is 4. The number of amides is 2. The molecule has 1 aromatic carbocycles. The summed E-state index contributed by atoms with van der Waals surface area (Å²) in [5.74, 6) is 0.270. The molecule has 7 heteroatoms. The van der Waals surface area contributed by atoms with Crippen LogP contribution in [-0.4, -0.2) is 32.8 Å². The highest BCUT2D eigenvalue weighted by Gasteiger charge is 2.35. The lowest BCUT2D eigenvalue weighted by Crippen LogP contribution is -2.34. The monoisotopic (exact) mass is 378 g/mol. The van der Waals surface area contributed by atoms with E-state index >= 15 is 0 Å². The van der Waals surface area contributed by atoms with Gasteiger partial charge in [0, 0.05) is 31.0 Å². The van der Waals surface area contributed by atoms with Crippen molar-refractivity contribution in [1.29, 1.82) is 0 Å². The zero-order chi connectivity index (χ0) is 19.5. The molecule has 3 heterocycles. The molecule has 2 unspecified atom stereocenters. The van der Waals surface area contributed by atoms with Crippen LogP contribution in [0.5, 0.6) is 0 Å². The summed E-state index contributed by atoms with van der Waals surface area (Å²) in [7, 11) is 0. The van der Waals surface area contributed by atoms with Crippen LogP contribution in [0.2, 0.25) is 0 Å². The van der Waals surface area contributed by atoms with Crippen molar-refractivity contribution in [1.82, 2.24) is 19.8 Å². The molecule has 0 saturated carbocycles. The van der Waals surface area contributed by atoms with Gasteiger partial charge in [0.25, 0.3) is 0 Å². The van der Waals surface area contributed by atoms with E-state index in [4.69, 9.17) is 4.42 Å². The predicted octanol–water partition coefficient (Wildman–Crippen LogP) is 2.69. The normalized spacial score (nSPS) is 17.7. The fourth-order valence-electron chi connectivity index (χ4n) is 3.45. The lowest BCUT2D eigenvalue weighted by molar-refractivity contribution is -0.129. The van der Waals surface area contributed by atoms with Crippen molar-refractivity contribution < 1.29 is 14.0 Å². The number of nitrogens with one attached hydrogen (secondary N) is 1. The molecule has 2 aromatic heterocycles. The minimum Gasteiger partial charge on any atom is -0.467 e. The van der Waals surface area contributed by atoms with E-state index in [1.54, 1.807) is 29.8 Å². The fraction of sp³-hybridized carbons (Fsp3) is 0.286. The number of benzene rings is 1. The van der Waals surface area contributed by atoms with E-state index in [1.165, 1.54) is 0 Å². The second-order valence-electron chi connectivity index (χ2n) is 7.05. The standard InChI is InChI=1S/C21H22N4O3/c1-15(16-4-6-18(7-5-16)24-9-8-22-14-24)23-21(27)17-11-20(26)25(12-17)13-19-3-2-10-28-19/h2-10,14-15,17H,11-13H2,1H3,(H,23,27). The Hall–Kier alpha value is -3.35. The molecule has 7 nitrogen and oxygen atoms in total. The van der Waals surface area contributed by atoms with E-state index in [-0.39, 0.29) is 30.2 Å². The molecule has 1 aliphatic rings. The van der Waals surface area contributed by atoms with Gasteiger partial charge in [0.15, 0.2) is 0 Å². The molecule has 1 aliphatic heterocycles. The summed E-state index contributed by atoms with van der Waals surface area (Å²) in [6, 6.07) is 11.4. The van der Waals surface area contributed by atoms with Crippen LogP contribution in [0, 0.1) is 5.92 Å². The first-order valence-corrected chi connectivity index (χ1v) is 9.29. The van der Waals surface area contributed by atoms with Gasteiger partial charge in [0.05, 0.1) is 31.1 Å². The van der Waals surface area contributed by atoms with E-state index in [0.29, 0.717) is 13.1 Å². The highest BCUT2D eigenvalue weighted by molar-refractivity contribution is 5.89. The minimum absolute atomic E-state index is 0.0195. The Labute approximate surface area is 163 Å². The van der Waals surface area contributed by atoms with E-state index in [1.807, 2.05) is 48.0 Å². The topological polar surface area (TPSA) is 80.4 Å². The van der Waals surface area contributed by atoms with Crippen molar-refractivity contribution in [2.45, 2.75) is 25.9 Å². The summed E-state index contributed by atoms with van der Waals surface area (Å²) in [5.41, 5.74) is 2.02. The number of nitrogens with zero attached hydrogens (tertiary/aromatic N) is 3. The molecular formula is C21H22N4O3. The number of carbonyl (C=O) groups excluding carboxylic acids is 2. The van der Waals surface area contributed by atoms with Gasteiger partial charge in [-0.05, 0) is 36.8 Å². The van der Waals surface area contributed by atoms with E-state index < -0.39 is 0 Å². The summed E-state index contributed by atoms with van der Waals surface area (Å²) in [4.78, 5) is 30.6. The Bertz CT molecular complexity index is 933. The van der Waals surface area contributed by atoms with Crippen LogP contribution in [0.25, 0.3) is 5.69 Å². The van der Waals surface area contributed by atoms with Gasteiger partial charge in [0.2, 0.25) is 11.8 Å². The Morgan fingerprint density at radius 1 is 1.32 bits per heavy atom. The second kappa shape index (κ2) is 7.72. The molecule has 28 heavy (non-hydrogen) atoms. The number of hydrogen-bond donors (Lipinski definition) is 1. The van der Waals surface area contributed by atoms with E-state index in [9.17, 15) is 9.59 Å². The molecule has 0 bridgehead atoms. The van der Waals surface area contributed by atoms with Crippen LogP contribution < -0.4 is 5.32 Å². The summed E-state index contributed by atoms with van der Waals surface area (Å²) < 4.78 is 7.22. The van der Waals surface area contributed by atoms with Crippen molar-refractivity contribution in [3.63, 3.8) is 0 Å². The Morgan fingerprint density at radius 2 is 2.14 bits per heavy atom. The molecule has 144 valence electrons. The summed E-state index contributed by atoms with van der Waals surface area (Å²) in [5, 5.41) is 3.03. The van der Waals surface area contributed by atoms with Crippen LogP contribution in [0.15, 0.2) is 65.8 Å².